The van der Waals surface area contributed by atoms with Crippen LogP contribution in [0.2, 0.25) is 0 Å². The highest BCUT2D eigenvalue weighted by Gasteiger charge is 2.15. The Morgan fingerprint density at radius 2 is 1.37 bits per heavy atom. The van der Waals surface area contributed by atoms with Gasteiger partial charge in [-0.05, 0) is 24.3 Å². The first-order valence-electron chi connectivity index (χ1n) is 8.70. The van der Waals surface area contributed by atoms with Crippen LogP contribution in [0, 0.1) is 0 Å². The molecule has 0 saturated heterocycles. The van der Waals surface area contributed by atoms with Crippen LogP contribution in [0.4, 0.5) is 0 Å². The standard InChI is InChI=1S/C23H18N2O2/c1-16(26)27-20-14-12-19(13-15-20)23-24-21(17-8-4-2-5-9-17)22(25-23)18-10-6-3-7-11-18/h2-15H,1H3,(H,24,25). The van der Waals surface area contributed by atoms with Crippen LogP contribution in [-0.2, 0) is 4.79 Å². The number of imidazole rings is 1. The molecule has 0 fully saturated rings. The second-order valence-electron chi connectivity index (χ2n) is 6.16. The lowest BCUT2D eigenvalue weighted by molar-refractivity contribution is -0.131. The summed E-state index contributed by atoms with van der Waals surface area (Å²) in [6.45, 7) is 1.39. The van der Waals surface area contributed by atoms with Crippen molar-refractivity contribution in [1.29, 1.82) is 0 Å². The fraction of sp³-hybridized carbons (Fsp3) is 0.0435. The molecule has 0 spiro atoms. The molecule has 0 aliphatic carbocycles. The van der Waals surface area contributed by atoms with Gasteiger partial charge < -0.3 is 9.72 Å². The van der Waals surface area contributed by atoms with Crippen LogP contribution in [0.5, 0.6) is 5.75 Å². The Labute approximate surface area is 157 Å². The number of aromatic nitrogens is 2. The quantitative estimate of drug-likeness (QED) is 0.398. The third-order valence-electron chi connectivity index (χ3n) is 4.20. The molecule has 0 saturated carbocycles. The van der Waals surface area contributed by atoms with Gasteiger partial charge in [0.25, 0.3) is 0 Å². The van der Waals surface area contributed by atoms with Gasteiger partial charge in [-0.1, -0.05) is 60.7 Å². The molecule has 0 unspecified atom stereocenters. The molecular weight excluding hydrogens is 336 g/mol. The van der Waals surface area contributed by atoms with Crippen molar-refractivity contribution in [2.24, 2.45) is 0 Å². The summed E-state index contributed by atoms with van der Waals surface area (Å²) in [5.74, 6) is 0.949. The molecule has 4 nitrogen and oxygen atoms in total. The number of nitrogens with zero attached hydrogens (tertiary/aromatic N) is 1. The van der Waals surface area contributed by atoms with Crippen molar-refractivity contribution < 1.29 is 9.53 Å². The van der Waals surface area contributed by atoms with E-state index in [1.54, 1.807) is 12.1 Å². The summed E-state index contributed by atoms with van der Waals surface area (Å²) in [7, 11) is 0. The van der Waals surface area contributed by atoms with E-state index in [-0.39, 0.29) is 5.97 Å². The molecule has 0 atom stereocenters. The largest absolute Gasteiger partial charge is 0.427 e. The highest BCUT2D eigenvalue weighted by Crippen LogP contribution is 2.33. The molecule has 0 radical (unpaired) electrons. The molecule has 0 aliphatic rings. The Kier molecular flexibility index (Phi) is 4.54. The minimum absolute atomic E-state index is 0.335. The molecule has 132 valence electrons. The van der Waals surface area contributed by atoms with Gasteiger partial charge in [0.1, 0.15) is 11.6 Å². The van der Waals surface area contributed by atoms with Gasteiger partial charge in [0, 0.05) is 23.6 Å². The first-order valence-corrected chi connectivity index (χ1v) is 8.70. The Hall–Kier alpha value is -3.66. The molecular formula is C23H18N2O2. The Morgan fingerprint density at radius 3 is 1.96 bits per heavy atom. The highest BCUT2D eigenvalue weighted by atomic mass is 16.5. The molecule has 4 aromatic rings. The summed E-state index contributed by atoms with van der Waals surface area (Å²) in [4.78, 5) is 19.4. The maximum absolute atomic E-state index is 11.1. The van der Waals surface area contributed by atoms with E-state index in [1.807, 2.05) is 48.5 Å². The highest BCUT2D eigenvalue weighted by molar-refractivity contribution is 5.81. The fourth-order valence-electron chi connectivity index (χ4n) is 2.98. The number of carbonyl (C=O) groups is 1. The summed E-state index contributed by atoms with van der Waals surface area (Å²) >= 11 is 0. The average molecular weight is 354 g/mol. The number of carbonyl (C=O) groups excluding carboxylic acids is 1. The van der Waals surface area contributed by atoms with Crippen LogP contribution in [0.15, 0.2) is 84.9 Å². The van der Waals surface area contributed by atoms with Crippen molar-refractivity contribution in [2.75, 3.05) is 0 Å². The Balaban J connectivity index is 1.79. The third kappa shape index (κ3) is 3.65. The minimum atomic E-state index is -0.335. The molecule has 1 aromatic heterocycles. The first-order chi connectivity index (χ1) is 13.2. The van der Waals surface area contributed by atoms with E-state index in [2.05, 4.69) is 29.2 Å². The second-order valence-corrected chi connectivity index (χ2v) is 6.16. The summed E-state index contributed by atoms with van der Waals surface area (Å²) in [5.41, 5.74) is 4.93. The monoisotopic (exact) mass is 354 g/mol. The van der Waals surface area contributed by atoms with E-state index in [1.165, 1.54) is 6.92 Å². The van der Waals surface area contributed by atoms with Crippen molar-refractivity contribution in [2.45, 2.75) is 6.92 Å². The van der Waals surface area contributed by atoms with E-state index >= 15 is 0 Å². The number of nitrogens with one attached hydrogen (secondary N) is 1. The Bertz CT molecular complexity index is 996. The minimum Gasteiger partial charge on any atom is -0.427 e. The van der Waals surface area contributed by atoms with Gasteiger partial charge in [-0.15, -0.1) is 0 Å². The number of aromatic amines is 1. The van der Waals surface area contributed by atoms with Crippen molar-refractivity contribution in [3.63, 3.8) is 0 Å². The number of esters is 1. The van der Waals surface area contributed by atoms with Crippen LogP contribution in [0.1, 0.15) is 6.92 Å². The zero-order chi connectivity index (χ0) is 18.6. The van der Waals surface area contributed by atoms with E-state index in [4.69, 9.17) is 9.72 Å². The van der Waals surface area contributed by atoms with Crippen molar-refractivity contribution in [1.82, 2.24) is 9.97 Å². The Morgan fingerprint density at radius 1 is 0.778 bits per heavy atom. The molecule has 3 aromatic carbocycles. The summed E-state index contributed by atoms with van der Waals surface area (Å²) in [6.07, 6.45) is 0. The van der Waals surface area contributed by atoms with Gasteiger partial charge in [-0.3, -0.25) is 4.79 Å². The molecule has 1 N–H and O–H groups in total. The predicted molar refractivity (Wildman–Crippen MR) is 106 cm³/mol. The van der Waals surface area contributed by atoms with E-state index in [0.29, 0.717) is 5.75 Å². The maximum Gasteiger partial charge on any atom is 0.308 e. The zero-order valence-corrected chi connectivity index (χ0v) is 14.8. The number of hydrogen-bond acceptors (Lipinski definition) is 3. The summed E-state index contributed by atoms with van der Waals surface area (Å²) in [6, 6.07) is 27.6. The predicted octanol–water partition coefficient (Wildman–Crippen LogP) is 5.34. The summed E-state index contributed by atoms with van der Waals surface area (Å²) in [5, 5.41) is 0. The zero-order valence-electron chi connectivity index (χ0n) is 14.8. The number of rotatable bonds is 4. The molecule has 1 heterocycles. The van der Waals surface area contributed by atoms with Crippen LogP contribution in [0.3, 0.4) is 0 Å². The SMILES string of the molecule is CC(=O)Oc1ccc(-c2nc(-c3ccccc3)c(-c3ccccc3)[nH]2)cc1. The number of ether oxygens (including phenoxy) is 1. The lowest BCUT2D eigenvalue weighted by atomic mass is 10.1. The van der Waals surface area contributed by atoms with E-state index < -0.39 is 0 Å². The molecule has 4 rings (SSSR count). The van der Waals surface area contributed by atoms with Crippen LogP contribution >= 0.6 is 0 Å². The second kappa shape index (κ2) is 7.30. The van der Waals surface area contributed by atoms with E-state index in [0.717, 1.165) is 33.9 Å². The van der Waals surface area contributed by atoms with Crippen molar-refractivity contribution in [3.8, 4) is 39.7 Å². The number of hydrogen-bond donors (Lipinski definition) is 1. The molecule has 0 aliphatic heterocycles. The van der Waals surface area contributed by atoms with Gasteiger partial charge in [0.05, 0.1) is 11.4 Å². The third-order valence-corrected chi connectivity index (χ3v) is 4.20. The fourth-order valence-corrected chi connectivity index (χ4v) is 2.98. The summed E-state index contributed by atoms with van der Waals surface area (Å²) < 4.78 is 5.10. The van der Waals surface area contributed by atoms with Crippen LogP contribution < -0.4 is 4.74 Å². The molecule has 0 amide bonds. The van der Waals surface area contributed by atoms with Crippen molar-refractivity contribution >= 4 is 5.97 Å². The van der Waals surface area contributed by atoms with E-state index in [9.17, 15) is 4.79 Å². The maximum atomic E-state index is 11.1. The number of H-pyrrole nitrogens is 1. The lowest BCUT2D eigenvalue weighted by Crippen LogP contribution is -2.00. The molecule has 0 bridgehead atoms. The van der Waals surface area contributed by atoms with Gasteiger partial charge in [0.15, 0.2) is 0 Å². The lowest BCUT2D eigenvalue weighted by Gasteiger charge is -2.02. The van der Waals surface area contributed by atoms with Crippen LogP contribution in [0.25, 0.3) is 33.9 Å². The molecule has 4 heteroatoms. The van der Waals surface area contributed by atoms with Crippen molar-refractivity contribution in [3.05, 3.63) is 84.9 Å². The smallest absolute Gasteiger partial charge is 0.308 e. The first kappa shape index (κ1) is 16.8. The topological polar surface area (TPSA) is 55.0 Å². The normalized spacial score (nSPS) is 10.6. The van der Waals surface area contributed by atoms with Crippen LogP contribution in [-0.4, -0.2) is 15.9 Å². The van der Waals surface area contributed by atoms with Gasteiger partial charge in [0.2, 0.25) is 0 Å². The van der Waals surface area contributed by atoms with Gasteiger partial charge in [-0.25, -0.2) is 4.98 Å². The number of benzene rings is 3. The van der Waals surface area contributed by atoms with Gasteiger partial charge in [-0.2, -0.15) is 0 Å². The van der Waals surface area contributed by atoms with Gasteiger partial charge >= 0.3 is 5.97 Å². The molecule has 27 heavy (non-hydrogen) atoms. The average Bonchev–Trinajstić information content (AvgIpc) is 3.15.